The molecule has 2 rings (SSSR count). The average molecular weight is 268 g/mol. The molecule has 5 nitrogen and oxygen atoms in total. The van der Waals surface area contributed by atoms with Gasteiger partial charge in [-0.3, -0.25) is 9.59 Å². The molecule has 19 heavy (non-hydrogen) atoms. The van der Waals surface area contributed by atoms with E-state index in [1.54, 1.807) is 11.8 Å². The Balaban J connectivity index is 1.70. The smallest absolute Gasteiger partial charge is 0.245 e. The summed E-state index contributed by atoms with van der Waals surface area (Å²) in [6.45, 7) is 2.50. The van der Waals surface area contributed by atoms with E-state index < -0.39 is 12.1 Å². The first-order valence-electron chi connectivity index (χ1n) is 7.32. The second-order valence-corrected chi connectivity index (χ2v) is 5.89. The molecule has 0 radical (unpaired) electrons. The summed E-state index contributed by atoms with van der Waals surface area (Å²) in [6.07, 6.45) is 6.14. The number of carbonyl (C=O) groups is 2. The topological polar surface area (TPSA) is 69.6 Å². The second-order valence-electron chi connectivity index (χ2n) is 5.89. The maximum Gasteiger partial charge on any atom is 0.245 e. The van der Waals surface area contributed by atoms with E-state index in [1.165, 1.54) is 19.3 Å². The number of aliphatic hydroxyl groups excluding tert-OH is 1. The molecule has 1 heterocycles. The normalized spacial score (nSPS) is 22.7. The van der Waals surface area contributed by atoms with E-state index in [1.807, 2.05) is 0 Å². The standard InChI is InChI=1S/C14H24N2O3/c1-10(14(19)16-8-12(17)9-16)15-13(18)7-11-5-3-2-4-6-11/h10-12,17H,2-9H2,1H3,(H,15,18). The average Bonchev–Trinajstić information content (AvgIpc) is 2.35. The molecule has 108 valence electrons. The van der Waals surface area contributed by atoms with Crippen molar-refractivity contribution in [3.63, 3.8) is 0 Å². The number of hydrogen-bond donors (Lipinski definition) is 2. The molecule has 0 spiro atoms. The van der Waals surface area contributed by atoms with Crippen LogP contribution in [0.5, 0.6) is 0 Å². The summed E-state index contributed by atoms with van der Waals surface area (Å²) in [6, 6.07) is -0.483. The molecule has 0 aromatic rings. The van der Waals surface area contributed by atoms with Gasteiger partial charge in [0.25, 0.3) is 0 Å². The highest BCUT2D eigenvalue weighted by atomic mass is 16.3. The molecular weight excluding hydrogens is 244 g/mol. The molecule has 1 unspecified atom stereocenters. The lowest BCUT2D eigenvalue weighted by Crippen LogP contribution is -2.58. The highest BCUT2D eigenvalue weighted by molar-refractivity contribution is 5.87. The van der Waals surface area contributed by atoms with Crippen LogP contribution in [0.3, 0.4) is 0 Å². The van der Waals surface area contributed by atoms with Crippen molar-refractivity contribution in [1.29, 1.82) is 0 Å². The van der Waals surface area contributed by atoms with Gasteiger partial charge in [0.15, 0.2) is 0 Å². The Labute approximate surface area is 114 Å². The largest absolute Gasteiger partial charge is 0.389 e. The maximum absolute atomic E-state index is 11.9. The van der Waals surface area contributed by atoms with Gasteiger partial charge in [-0.15, -0.1) is 0 Å². The minimum atomic E-state index is -0.483. The number of carbonyl (C=O) groups excluding carboxylic acids is 2. The van der Waals surface area contributed by atoms with Crippen LogP contribution in [-0.4, -0.2) is 47.1 Å². The van der Waals surface area contributed by atoms with Crippen molar-refractivity contribution in [2.45, 2.75) is 57.6 Å². The number of hydrogen-bond acceptors (Lipinski definition) is 3. The summed E-state index contributed by atoms with van der Waals surface area (Å²) < 4.78 is 0. The van der Waals surface area contributed by atoms with Gasteiger partial charge >= 0.3 is 0 Å². The molecule has 1 aliphatic heterocycles. The number of aliphatic hydroxyl groups is 1. The third-order valence-corrected chi connectivity index (χ3v) is 4.12. The molecule has 2 amide bonds. The monoisotopic (exact) mass is 268 g/mol. The molecule has 1 saturated carbocycles. The van der Waals surface area contributed by atoms with Crippen molar-refractivity contribution in [2.75, 3.05) is 13.1 Å². The van der Waals surface area contributed by atoms with E-state index in [0.717, 1.165) is 12.8 Å². The number of amides is 2. The number of β-amino-alcohol motifs (C(OH)–C–C–N with tert-alkyl or cyclic N) is 1. The molecule has 1 aliphatic carbocycles. The van der Waals surface area contributed by atoms with Crippen LogP contribution in [0.1, 0.15) is 45.4 Å². The Morgan fingerprint density at radius 3 is 2.47 bits per heavy atom. The first-order valence-corrected chi connectivity index (χ1v) is 7.32. The third kappa shape index (κ3) is 3.93. The molecule has 0 aromatic carbocycles. The highest BCUT2D eigenvalue weighted by Crippen LogP contribution is 2.26. The number of rotatable bonds is 4. The van der Waals surface area contributed by atoms with E-state index in [9.17, 15) is 9.59 Å². The quantitative estimate of drug-likeness (QED) is 0.787. The van der Waals surface area contributed by atoms with Crippen LogP contribution in [0.15, 0.2) is 0 Å². The predicted molar refractivity (Wildman–Crippen MR) is 71.4 cm³/mol. The summed E-state index contributed by atoms with van der Waals surface area (Å²) in [5, 5.41) is 11.9. The summed E-state index contributed by atoms with van der Waals surface area (Å²) in [5.41, 5.74) is 0. The second kappa shape index (κ2) is 6.37. The van der Waals surface area contributed by atoms with Crippen molar-refractivity contribution in [3.05, 3.63) is 0 Å². The molecule has 5 heteroatoms. The lowest BCUT2D eigenvalue weighted by atomic mass is 9.87. The van der Waals surface area contributed by atoms with Gasteiger partial charge in [0.1, 0.15) is 6.04 Å². The van der Waals surface area contributed by atoms with Gasteiger partial charge in [-0.2, -0.15) is 0 Å². The van der Waals surface area contributed by atoms with E-state index in [2.05, 4.69) is 5.32 Å². The van der Waals surface area contributed by atoms with E-state index in [0.29, 0.717) is 25.4 Å². The minimum Gasteiger partial charge on any atom is -0.389 e. The van der Waals surface area contributed by atoms with Gasteiger partial charge in [0.05, 0.1) is 6.10 Å². The zero-order valence-electron chi connectivity index (χ0n) is 11.6. The summed E-state index contributed by atoms with van der Waals surface area (Å²) in [7, 11) is 0. The van der Waals surface area contributed by atoms with Crippen LogP contribution in [0, 0.1) is 5.92 Å². The Morgan fingerprint density at radius 1 is 1.26 bits per heavy atom. The van der Waals surface area contributed by atoms with Crippen molar-refractivity contribution < 1.29 is 14.7 Å². The summed E-state index contributed by atoms with van der Waals surface area (Å²) in [4.78, 5) is 25.4. The van der Waals surface area contributed by atoms with E-state index in [-0.39, 0.29) is 11.8 Å². The molecule has 2 N–H and O–H groups in total. The van der Waals surface area contributed by atoms with Crippen LogP contribution < -0.4 is 5.32 Å². The van der Waals surface area contributed by atoms with Crippen LogP contribution in [0.4, 0.5) is 0 Å². The van der Waals surface area contributed by atoms with Gasteiger partial charge in [0, 0.05) is 19.5 Å². The Kier molecular flexibility index (Phi) is 4.80. The summed E-state index contributed by atoms with van der Waals surface area (Å²) in [5.74, 6) is 0.373. The first kappa shape index (κ1) is 14.3. The van der Waals surface area contributed by atoms with Crippen molar-refractivity contribution in [2.24, 2.45) is 5.92 Å². The Hall–Kier alpha value is -1.10. The minimum absolute atomic E-state index is 0.0196. The molecule has 0 bridgehead atoms. The van der Waals surface area contributed by atoms with Crippen LogP contribution in [0.2, 0.25) is 0 Å². The Morgan fingerprint density at radius 2 is 1.89 bits per heavy atom. The SMILES string of the molecule is CC(NC(=O)CC1CCCCC1)C(=O)N1CC(O)C1. The van der Waals surface area contributed by atoms with E-state index >= 15 is 0 Å². The van der Waals surface area contributed by atoms with Gasteiger partial charge in [0.2, 0.25) is 11.8 Å². The molecule has 2 fully saturated rings. The molecule has 1 saturated heterocycles. The number of likely N-dealkylation sites (tertiary alicyclic amines) is 1. The van der Waals surface area contributed by atoms with Crippen LogP contribution in [0.25, 0.3) is 0 Å². The van der Waals surface area contributed by atoms with Gasteiger partial charge in [-0.1, -0.05) is 19.3 Å². The van der Waals surface area contributed by atoms with Crippen LogP contribution in [-0.2, 0) is 9.59 Å². The van der Waals surface area contributed by atoms with Crippen LogP contribution >= 0.6 is 0 Å². The zero-order chi connectivity index (χ0) is 13.8. The van der Waals surface area contributed by atoms with Crippen molar-refractivity contribution >= 4 is 11.8 Å². The fourth-order valence-corrected chi connectivity index (χ4v) is 2.92. The highest BCUT2D eigenvalue weighted by Gasteiger charge is 2.32. The Bertz CT molecular complexity index is 334. The zero-order valence-corrected chi connectivity index (χ0v) is 11.6. The van der Waals surface area contributed by atoms with Gasteiger partial charge in [-0.25, -0.2) is 0 Å². The summed E-state index contributed by atoms with van der Waals surface area (Å²) >= 11 is 0. The molecule has 2 aliphatic rings. The lowest BCUT2D eigenvalue weighted by molar-refractivity contribution is -0.144. The van der Waals surface area contributed by atoms with Crippen molar-refractivity contribution in [3.8, 4) is 0 Å². The first-order chi connectivity index (χ1) is 9.06. The fourth-order valence-electron chi connectivity index (χ4n) is 2.92. The number of nitrogens with one attached hydrogen (secondary N) is 1. The third-order valence-electron chi connectivity index (χ3n) is 4.12. The molecule has 1 atom stereocenters. The van der Waals surface area contributed by atoms with Crippen molar-refractivity contribution in [1.82, 2.24) is 10.2 Å². The maximum atomic E-state index is 11.9. The van der Waals surface area contributed by atoms with Gasteiger partial charge in [-0.05, 0) is 25.7 Å². The molecule has 0 aromatic heterocycles. The lowest BCUT2D eigenvalue weighted by Gasteiger charge is -2.37. The fraction of sp³-hybridized carbons (Fsp3) is 0.857. The van der Waals surface area contributed by atoms with Gasteiger partial charge < -0.3 is 15.3 Å². The molecular formula is C14H24N2O3. The van der Waals surface area contributed by atoms with E-state index in [4.69, 9.17) is 5.11 Å². The predicted octanol–water partition coefficient (Wildman–Crippen LogP) is 0.665. The number of nitrogens with zero attached hydrogens (tertiary/aromatic N) is 1.